The monoisotopic (exact) mass is 319 g/mol. The van der Waals surface area contributed by atoms with E-state index in [-0.39, 0.29) is 25.2 Å². The molecule has 4 N–H and O–H groups in total. The lowest BCUT2D eigenvalue weighted by molar-refractivity contribution is -0.127. The highest BCUT2D eigenvalue weighted by Crippen LogP contribution is 2.01. The van der Waals surface area contributed by atoms with E-state index in [4.69, 9.17) is 5.73 Å². The van der Waals surface area contributed by atoms with Crippen LogP contribution in [0, 0.1) is 0 Å². The zero-order chi connectivity index (χ0) is 17.2. The zero-order valence-electron chi connectivity index (χ0n) is 13.0. The molecule has 124 valence electrons. The standard InChI is InChI=1S/C16H21N3O4/c1-2-12(20)8-9-13(15(17)22)19-14(21)10-18-16(23)11-6-4-3-5-7-11/h3-7,13H,2,8-10H2,1H3,(H2,17,22)(H,18,23)(H,19,21)/t13-/m1/s1. The molecule has 0 spiro atoms. The summed E-state index contributed by atoms with van der Waals surface area (Å²) in [5.74, 6) is -1.65. The van der Waals surface area contributed by atoms with Gasteiger partial charge in [-0.2, -0.15) is 0 Å². The SMILES string of the molecule is CCC(=O)CC[C@@H](NC(=O)CNC(=O)c1ccccc1)C(N)=O. The largest absolute Gasteiger partial charge is 0.368 e. The van der Waals surface area contributed by atoms with Gasteiger partial charge in [-0.15, -0.1) is 0 Å². The third kappa shape index (κ3) is 6.73. The number of hydrogen-bond donors (Lipinski definition) is 3. The normalized spacial score (nSPS) is 11.3. The number of Topliss-reactive ketones (excluding diaryl/α,β-unsaturated/α-hetero) is 1. The van der Waals surface area contributed by atoms with Crippen molar-refractivity contribution in [1.82, 2.24) is 10.6 Å². The van der Waals surface area contributed by atoms with Gasteiger partial charge in [0, 0.05) is 18.4 Å². The Morgan fingerprint density at radius 1 is 1.13 bits per heavy atom. The Balaban J connectivity index is 2.45. The average Bonchev–Trinajstić information content (AvgIpc) is 2.56. The molecule has 1 aromatic rings. The fourth-order valence-electron chi connectivity index (χ4n) is 1.87. The first-order valence-corrected chi connectivity index (χ1v) is 7.37. The highest BCUT2D eigenvalue weighted by molar-refractivity contribution is 5.97. The van der Waals surface area contributed by atoms with E-state index in [0.717, 1.165) is 0 Å². The molecule has 3 amide bonds. The molecule has 0 radical (unpaired) electrons. The first kappa shape index (κ1) is 18.3. The fraction of sp³-hybridized carbons (Fsp3) is 0.375. The van der Waals surface area contributed by atoms with Crippen LogP contribution in [0.3, 0.4) is 0 Å². The second-order valence-electron chi connectivity index (χ2n) is 5.00. The van der Waals surface area contributed by atoms with Crippen molar-refractivity contribution in [2.45, 2.75) is 32.2 Å². The highest BCUT2D eigenvalue weighted by Gasteiger charge is 2.19. The molecule has 1 aromatic carbocycles. The first-order chi connectivity index (χ1) is 10.9. The maximum atomic E-state index is 11.8. The number of carbonyl (C=O) groups excluding carboxylic acids is 4. The Morgan fingerprint density at radius 3 is 2.35 bits per heavy atom. The number of hydrogen-bond acceptors (Lipinski definition) is 4. The molecule has 0 fully saturated rings. The molecule has 7 nitrogen and oxygen atoms in total. The Morgan fingerprint density at radius 2 is 1.78 bits per heavy atom. The number of carbonyl (C=O) groups is 4. The van der Waals surface area contributed by atoms with Crippen LogP contribution >= 0.6 is 0 Å². The van der Waals surface area contributed by atoms with Gasteiger partial charge in [0.25, 0.3) is 5.91 Å². The van der Waals surface area contributed by atoms with Crippen LogP contribution in [-0.2, 0) is 14.4 Å². The number of amides is 3. The number of primary amides is 1. The summed E-state index contributed by atoms with van der Waals surface area (Å²) in [5, 5.41) is 4.87. The van der Waals surface area contributed by atoms with Crippen molar-refractivity contribution in [1.29, 1.82) is 0 Å². The van der Waals surface area contributed by atoms with Gasteiger partial charge in [-0.1, -0.05) is 25.1 Å². The van der Waals surface area contributed by atoms with E-state index in [1.807, 2.05) is 0 Å². The zero-order valence-corrected chi connectivity index (χ0v) is 13.0. The van der Waals surface area contributed by atoms with E-state index in [1.54, 1.807) is 37.3 Å². The third-order valence-electron chi connectivity index (χ3n) is 3.23. The molecule has 0 aliphatic carbocycles. The quantitative estimate of drug-likeness (QED) is 0.600. The lowest BCUT2D eigenvalue weighted by atomic mass is 10.1. The van der Waals surface area contributed by atoms with Gasteiger partial charge in [0.1, 0.15) is 11.8 Å². The second-order valence-corrected chi connectivity index (χ2v) is 5.00. The predicted octanol–water partition coefficient (Wildman–Crippen LogP) is 0.146. The van der Waals surface area contributed by atoms with E-state index in [9.17, 15) is 19.2 Å². The molecule has 0 heterocycles. The van der Waals surface area contributed by atoms with Gasteiger partial charge in [0.15, 0.2) is 0 Å². The lowest BCUT2D eigenvalue weighted by Crippen LogP contribution is -2.48. The maximum Gasteiger partial charge on any atom is 0.251 e. The molecule has 0 aliphatic rings. The van der Waals surface area contributed by atoms with Crippen molar-refractivity contribution in [3.05, 3.63) is 35.9 Å². The number of nitrogens with one attached hydrogen (secondary N) is 2. The summed E-state index contributed by atoms with van der Waals surface area (Å²) in [6.07, 6.45) is 0.688. The van der Waals surface area contributed by atoms with Crippen molar-refractivity contribution in [3.8, 4) is 0 Å². The summed E-state index contributed by atoms with van der Waals surface area (Å²) >= 11 is 0. The molecule has 0 saturated heterocycles. The minimum atomic E-state index is -0.924. The van der Waals surface area contributed by atoms with Gasteiger partial charge in [0.2, 0.25) is 11.8 Å². The number of nitrogens with two attached hydrogens (primary N) is 1. The number of ketones is 1. The molecule has 1 rings (SSSR count). The predicted molar refractivity (Wildman–Crippen MR) is 84.4 cm³/mol. The minimum Gasteiger partial charge on any atom is -0.368 e. The third-order valence-corrected chi connectivity index (χ3v) is 3.23. The molecule has 23 heavy (non-hydrogen) atoms. The van der Waals surface area contributed by atoms with Gasteiger partial charge in [-0.05, 0) is 18.6 Å². The van der Waals surface area contributed by atoms with Gasteiger partial charge in [-0.3, -0.25) is 19.2 Å². The Kier molecular flexibility index (Phi) is 7.45. The van der Waals surface area contributed by atoms with Gasteiger partial charge < -0.3 is 16.4 Å². The van der Waals surface area contributed by atoms with Crippen LogP contribution in [0.1, 0.15) is 36.5 Å². The van der Waals surface area contributed by atoms with E-state index >= 15 is 0 Å². The molecule has 7 heteroatoms. The van der Waals surface area contributed by atoms with Crippen LogP contribution < -0.4 is 16.4 Å². The molecule has 0 aromatic heterocycles. The van der Waals surface area contributed by atoms with Crippen LogP contribution in [0.5, 0.6) is 0 Å². The summed E-state index contributed by atoms with van der Waals surface area (Å²) in [4.78, 5) is 46.2. The van der Waals surface area contributed by atoms with Crippen molar-refractivity contribution in [3.63, 3.8) is 0 Å². The summed E-state index contributed by atoms with van der Waals surface area (Å²) in [7, 11) is 0. The van der Waals surface area contributed by atoms with Crippen LogP contribution in [0.2, 0.25) is 0 Å². The van der Waals surface area contributed by atoms with Crippen molar-refractivity contribution in [2.75, 3.05) is 6.54 Å². The van der Waals surface area contributed by atoms with Gasteiger partial charge in [-0.25, -0.2) is 0 Å². The number of benzene rings is 1. The van der Waals surface area contributed by atoms with Gasteiger partial charge in [0.05, 0.1) is 6.54 Å². The first-order valence-electron chi connectivity index (χ1n) is 7.37. The highest BCUT2D eigenvalue weighted by atomic mass is 16.2. The van der Waals surface area contributed by atoms with Crippen LogP contribution in [-0.4, -0.2) is 36.1 Å². The van der Waals surface area contributed by atoms with Crippen LogP contribution in [0.25, 0.3) is 0 Å². The van der Waals surface area contributed by atoms with Crippen LogP contribution in [0.4, 0.5) is 0 Å². The molecule has 1 atom stereocenters. The molecule has 0 saturated carbocycles. The summed E-state index contributed by atoms with van der Waals surface area (Å²) in [6.45, 7) is 1.44. The van der Waals surface area contributed by atoms with E-state index in [0.29, 0.717) is 12.0 Å². The molecular weight excluding hydrogens is 298 g/mol. The molecule has 0 unspecified atom stereocenters. The van der Waals surface area contributed by atoms with E-state index in [1.165, 1.54) is 0 Å². The molecule has 0 bridgehead atoms. The Bertz CT molecular complexity index is 572. The van der Waals surface area contributed by atoms with Crippen LogP contribution in [0.15, 0.2) is 30.3 Å². The smallest absolute Gasteiger partial charge is 0.251 e. The maximum absolute atomic E-state index is 11.8. The second kappa shape index (κ2) is 9.34. The van der Waals surface area contributed by atoms with Crippen molar-refractivity contribution < 1.29 is 19.2 Å². The Labute approximate surface area is 134 Å². The van der Waals surface area contributed by atoms with Gasteiger partial charge >= 0.3 is 0 Å². The summed E-state index contributed by atoms with van der Waals surface area (Å²) in [6, 6.07) is 7.52. The number of rotatable bonds is 9. The lowest BCUT2D eigenvalue weighted by Gasteiger charge is -2.15. The average molecular weight is 319 g/mol. The fourth-order valence-corrected chi connectivity index (χ4v) is 1.87. The van der Waals surface area contributed by atoms with E-state index < -0.39 is 23.8 Å². The van der Waals surface area contributed by atoms with Crippen molar-refractivity contribution >= 4 is 23.5 Å². The molecule has 0 aliphatic heterocycles. The van der Waals surface area contributed by atoms with Crippen molar-refractivity contribution in [2.24, 2.45) is 5.73 Å². The van der Waals surface area contributed by atoms with E-state index in [2.05, 4.69) is 10.6 Å². The topological polar surface area (TPSA) is 118 Å². The molecular formula is C16H21N3O4. The minimum absolute atomic E-state index is 0.0112. The summed E-state index contributed by atoms with van der Waals surface area (Å²) < 4.78 is 0. The summed E-state index contributed by atoms with van der Waals surface area (Å²) in [5.41, 5.74) is 5.64. The Hall–Kier alpha value is -2.70.